The fraction of sp³-hybridized carbons (Fsp3) is 0.389. The second-order valence-corrected chi connectivity index (χ2v) is 6.26. The molecule has 0 saturated carbocycles. The minimum absolute atomic E-state index is 0.615. The number of benzene rings is 1. The molecule has 2 aliphatic rings. The lowest BCUT2D eigenvalue weighted by Crippen LogP contribution is -2.30. The van der Waals surface area contributed by atoms with Gasteiger partial charge in [-0.25, -0.2) is 4.98 Å². The minimum Gasteiger partial charge on any atom is -0.398 e. The summed E-state index contributed by atoms with van der Waals surface area (Å²) in [6.07, 6.45) is 7.27. The van der Waals surface area contributed by atoms with Gasteiger partial charge < -0.3 is 5.73 Å². The zero-order valence-corrected chi connectivity index (χ0v) is 11.9. The summed E-state index contributed by atoms with van der Waals surface area (Å²) in [5.41, 5.74) is 13.1. The second-order valence-electron chi connectivity index (χ2n) is 6.26. The monoisotopic (exact) mass is 265 g/mol. The van der Waals surface area contributed by atoms with E-state index in [0.29, 0.717) is 11.8 Å². The Hall–Kier alpha value is -1.83. The Morgan fingerprint density at radius 2 is 2.10 bits per heavy atom. The minimum atomic E-state index is 0.615. The number of nitrogen functional groups attached to an aromatic ring is 1. The van der Waals surface area contributed by atoms with Crippen LogP contribution in [-0.4, -0.2) is 0 Å². The Bertz CT molecular complexity index is 715. The molecule has 0 fully saturated rings. The molecule has 0 amide bonds. The third kappa shape index (κ3) is 1.67. The molecule has 0 saturated heterocycles. The fourth-order valence-corrected chi connectivity index (χ4v) is 4.11. The molecule has 0 aliphatic heterocycles. The summed E-state index contributed by atoms with van der Waals surface area (Å²) in [4.78, 5) is 3.64. The number of hydrogen-bond acceptors (Lipinski definition) is 1. The highest BCUT2D eigenvalue weighted by Crippen LogP contribution is 2.46. The highest BCUT2D eigenvalue weighted by molar-refractivity contribution is 5.90. The van der Waals surface area contributed by atoms with Crippen molar-refractivity contribution in [1.29, 1.82) is 0 Å². The molecule has 4 rings (SSSR count). The van der Waals surface area contributed by atoms with E-state index in [4.69, 9.17) is 5.73 Å². The molecule has 102 valence electrons. The lowest BCUT2D eigenvalue weighted by molar-refractivity contribution is -0.360. The van der Waals surface area contributed by atoms with Crippen LogP contribution in [0.5, 0.6) is 0 Å². The van der Waals surface area contributed by atoms with Crippen molar-refractivity contribution in [1.82, 2.24) is 0 Å². The van der Waals surface area contributed by atoms with Gasteiger partial charge in [0.15, 0.2) is 5.69 Å². The standard InChI is InChI=1S/C18H20N2/c1-2-11-7-12-9-13(8-11)17-16(10-12)20-15-6-4-3-5-14(15)18(17)19/h3-7,12-13H,2,8-10H2,1H3,(H2,19,20)/p+1. The summed E-state index contributed by atoms with van der Waals surface area (Å²) in [6, 6.07) is 8.41. The van der Waals surface area contributed by atoms with Crippen LogP contribution >= 0.6 is 0 Å². The highest BCUT2D eigenvalue weighted by atomic mass is 14.7. The van der Waals surface area contributed by atoms with Gasteiger partial charge in [-0.05, 0) is 37.2 Å². The summed E-state index contributed by atoms with van der Waals surface area (Å²) >= 11 is 0. The van der Waals surface area contributed by atoms with Crippen LogP contribution in [0.2, 0.25) is 0 Å². The molecule has 1 heterocycles. The average Bonchev–Trinajstić information content (AvgIpc) is 2.46. The fourth-order valence-electron chi connectivity index (χ4n) is 4.11. The third-order valence-corrected chi connectivity index (χ3v) is 5.01. The van der Waals surface area contributed by atoms with E-state index in [1.807, 2.05) is 0 Å². The van der Waals surface area contributed by atoms with Crippen molar-refractivity contribution in [3.05, 3.63) is 47.2 Å². The normalized spacial score (nSPS) is 24.4. The maximum absolute atomic E-state index is 6.52. The summed E-state index contributed by atoms with van der Waals surface area (Å²) in [5, 5.41) is 1.18. The number of nitrogens with two attached hydrogens (primary N) is 1. The van der Waals surface area contributed by atoms with Crippen molar-refractivity contribution < 1.29 is 4.98 Å². The Kier molecular flexibility index (Phi) is 2.59. The average molecular weight is 265 g/mol. The second kappa shape index (κ2) is 4.34. The van der Waals surface area contributed by atoms with Crippen LogP contribution < -0.4 is 10.7 Å². The molecule has 2 nitrogen and oxygen atoms in total. The van der Waals surface area contributed by atoms with Crippen LogP contribution in [0.1, 0.15) is 43.4 Å². The summed E-state index contributed by atoms with van der Waals surface area (Å²) < 4.78 is 0. The van der Waals surface area contributed by atoms with E-state index in [0.717, 1.165) is 12.1 Å². The molecule has 3 N–H and O–H groups in total. The maximum atomic E-state index is 6.52. The van der Waals surface area contributed by atoms with Crippen molar-refractivity contribution >= 4 is 16.6 Å². The van der Waals surface area contributed by atoms with E-state index >= 15 is 0 Å². The van der Waals surface area contributed by atoms with Gasteiger partial charge in [0.05, 0.1) is 11.1 Å². The molecule has 0 radical (unpaired) electrons. The predicted octanol–water partition coefficient (Wildman–Crippen LogP) is 3.62. The van der Waals surface area contributed by atoms with E-state index in [-0.39, 0.29) is 0 Å². The van der Waals surface area contributed by atoms with Crippen molar-refractivity contribution in [3.8, 4) is 0 Å². The van der Waals surface area contributed by atoms with Crippen LogP contribution in [0.25, 0.3) is 10.9 Å². The van der Waals surface area contributed by atoms with Gasteiger partial charge in [0.2, 0.25) is 5.52 Å². The Morgan fingerprint density at radius 3 is 2.95 bits per heavy atom. The van der Waals surface area contributed by atoms with Crippen LogP contribution in [-0.2, 0) is 6.42 Å². The van der Waals surface area contributed by atoms with Crippen molar-refractivity contribution in [2.45, 2.75) is 38.5 Å². The number of pyridine rings is 1. The van der Waals surface area contributed by atoms with Crippen LogP contribution in [0.15, 0.2) is 35.9 Å². The number of aromatic amines is 1. The lowest BCUT2D eigenvalue weighted by Gasteiger charge is -2.33. The van der Waals surface area contributed by atoms with Gasteiger partial charge >= 0.3 is 0 Å². The summed E-state index contributed by atoms with van der Waals surface area (Å²) in [6.45, 7) is 2.27. The van der Waals surface area contributed by atoms with Gasteiger partial charge in [0.25, 0.3) is 0 Å². The smallest absolute Gasteiger partial charge is 0.213 e. The summed E-state index contributed by atoms with van der Waals surface area (Å²) in [5.74, 6) is 1.32. The van der Waals surface area contributed by atoms with Gasteiger partial charge in [-0.15, -0.1) is 0 Å². The zero-order valence-electron chi connectivity index (χ0n) is 11.9. The molecular weight excluding hydrogens is 244 g/mol. The topological polar surface area (TPSA) is 40.2 Å². The summed E-state index contributed by atoms with van der Waals surface area (Å²) in [7, 11) is 0. The van der Waals surface area contributed by atoms with Crippen molar-refractivity contribution in [2.75, 3.05) is 5.73 Å². The van der Waals surface area contributed by atoms with Gasteiger partial charge in [-0.3, -0.25) is 0 Å². The first-order valence-corrected chi connectivity index (χ1v) is 7.68. The molecule has 2 heteroatoms. The molecule has 2 aliphatic carbocycles. The number of aromatic nitrogens is 1. The van der Waals surface area contributed by atoms with Crippen LogP contribution in [0.3, 0.4) is 0 Å². The van der Waals surface area contributed by atoms with Gasteiger partial charge in [0, 0.05) is 18.1 Å². The number of para-hydroxylation sites is 1. The van der Waals surface area contributed by atoms with Crippen molar-refractivity contribution in [3.63, 3.8) is 0 Å². The molecule has 2 atom stereocenters. The van der Waals surface area contributed by atoms with Gasteiger partial charge in [0.1, 0.15) is 0 Å². The molecule has 1 aromatic carbocycles. The molecule has 2 bridgehead atoms. The first kappa shape index (κ1) is 12.0. The quantitative estimate of drug-likeness (QED) is 0.786. The predicted molar refractivity (Wildman–Crippen MR) is 82.5 cm³/mol. The number of fused-ring (bicyclic) bond motifs is 5. The van der Waals surface area contributed by atoms with E-state index in [2.05, 4.69) is 42.2 Å². The van der Waals surface area contributed by atoms with E-state index in [1.165, 1.54) is 41.4 Å². The van der Waals surface area contributed by atoms with Crippen LogP contribution in [0.4, 0.5) is 5.69 Å². The molecule has 20 heavy (non-hydrogen) atoms. The van der Waals surface area contributed by atoms with Gasteiger partial charge in [-0.1, -0.05) is 30.7 Å². The largest absolute Gasteiger partial charge is 0.398 e. The number of rotatable bonds is 1. The molecule has 2 unspecified atom stereocenters. The lowest BCUT2D eigenvalue weighted by atomic mass is 9.70. The third-order valence-electron chi connectivity index (χ3n) is 5.01. The Labute approximate surface area is 119 Å². The number of nitrogens with one attached hydrogen (secondary N) is 1. The van der Waals surface area contributed by atoms with Gasteiger partial charge in [-0.2, -0.15) is 0 Å². The number of anilines is 1. The first-order chi connectivity index (χ1) is 9.76. The number of hydrogen-bond donors (Lipinski definition) is 1. The van der Waals surface area contributed by atoms with E-state index in [9.17, 15) is 0 Å². The maximum Gasteiger partial charge on any atom is 0.213 e. The number of H-pyrrole nitrogens is 1. The van der Waals surface area contributed by atoms with E-state index < -0.39 is 0 Å². The first-order valence-electron chi connectivity index (χ1n) is 7.68. The highest BCUT2D eigenvalue weighted by Gasteiger charge is 2.36. The Morgan fingerprint density at radius 1 is 1.25 bits per heavy atom. The Balaban J connectivity index is 1.92. The SMILES string of the molecule is CCC1=CC2Cc3[nH+]c4ccccc4c(N)c3C(C1)C2. The molecule has 0 spiro atoms. The van der Waals surface area contributed by atoms with E-state index in [1.54, 1.807) is 5.57 Å². The molecular formula is C18H21N2+. The zero-order chi connectivity index (χ0) is 13.7. The number of allylic oxidation sites excluding steroid dienone is 2. The van der Waals surface area contributed by atoms with Crippen LogP contribution in [0, 0.1) is 5.92 Å². The molecule has 2 aromatic rings. The molecule has 1 aromatic heterocycles. The van der Waals surface area contributed by atoms with Crippen molar-refractivity contribution in [2.24, 2.45) is 5.92 Å².